The largest absolute Gasteiger partial charge is 0.334 e. The summed E-state index contributed by atoms with van der Waals surface area (Å²) >= 11 is 0. The van der Waals surface area contributed by atoms with E-state index in [1.165, 1.54) is 11.2 Å². The van der Waals surface area contributed by atoms with Gasteiger partial charge in [-0.2, -0.15) is 10.5 Å². The molecule has 9 heteroatoms. The number of carbonyl (C=O) groups excluding carboxylic acids is 2. The van der Waals surface area contributed by atoms with Gasteiger partial charge in [-0.1, -0.05) is 36.4 Å². The molecule has 2 amide bonds. The molecule has 0 fully saturated rings. The molecule has 0 radical (unpaired) electrons. The van der Waals surface area contributed by atoms with Gasteiger partial charge < -0.3 is 5.32 Å². The average Bonchev–Trinajstić information content (AvgIpc) is 3.28. The zero-order valence-electron chi connectivity index (χ0n) is 14.7. The van der Waals surface area contributed by atoms with Crippen LogP contribution in [0.3, 0.4) is 0 Å². The first-order valence-electron chi connectivity index (χ1n) is 8.77. The van der Waals surface area contributed by atoms with Gasteiger partial charge in [-0.3, -0.25) is 14.6 Å². The molecule has 3 aromatic rings. The minimum atomic E-state index is -0.808. The first kappa shape index (κ1) is 16.5. The second-order valence-electron chi connectivity index (χ2n) is 6.59. The monoisotopic (exact) mass is 375 g/mol. The summed E-state index contributed by atoms with van der Waals surface area (Å²) in [5.41, 5.74) is 5.73. The Morgan fingerprint density at radius 1 is 1.00 bits per heavy atom. The number of aromatic nitrogens is 2. The average molecular weight is 375 g/mol. The van der Waals surface area contributed by atoms with Gasteiger partial charge in [0.15, 0.2) is 6.29 Å². The Hall–Kier alpha value is -3.69. The fraction of sp³-hybridized carbons (Fsp3) is 0.105. The zero-order valence-corrected chi connectivity index (χ0v) is 14.7. The summed E-state index contributed by atoms with van der Waals surface area (Å²) in [4.78, 5) is 25.3. The van der Waals surface area contributed by atoms with Crippen LogP contribution in [-0.2, 0) is 6.54 Å². The fourth-order valence-electron chi connectivity index (χ4n) is 3.46. The van der Waals surface area contributed by atoms with Gasteiger partial charge in [0.2, 0.25) is 0 Å². The van der Waals surface area contributed by atoms with Crippen molar-refractivity contribution in [2.75, 3.05) is 5.32 Å². The van der Waals surface area contributed by atoms with Crippen LogP contribution in [0.5, 0.6) is 0 Å². The number of hydrogen-bond donors (Lipinski definition) is 3. The molecule has 28 heavy (non-hydrogen) atoms. The van der Waals surface area contributed by atoms with Gasteiger partial charge in [0.1, 0.15) is 11.4 Å². The van der Waals surface area contributed by atoms with E-state index in [0.29, 0.717) is 23.5 Å². The van der Waals surface area contributed by atoms with Crippen LogP contribution in [0.15, 0.2) is 60.8 Å². The van der Waals surface area contributed by atoms with Crippen LogP contribution < -0.4 is 16.6 Å². The minimum absolute atomic E-state index is 0.166. The molecule has 3 heterocycles. The van der Waals surface area contributed by atoms with E-state index in [2.05, 4.69) is 15.8 Å². The van der Waals surface area contributed by atoms with E-state index in [0.717, 1.165) is 16.3 Å². The summed E-state index contributed by atoms with van der Waals surface area (Å²) in [5.74, 6) is 5.95. The lowest BCUT2D eigenvalue weighted by Gasteiger charge is -2.36. The number of rotatable bonds is 3. The van der Waals surface area contributed by atoms with Gasteiger partial charge in [-0.25, -0.2) is 15.5 Å². The molecule has 2 aliphatic heterocycles. The van der Waals surface area contributed by atoms with Crippen LogP contribution in [0.1, 0.15) is 26.3 Å². The quantitative estimate of drug-likeness (QED) is 0.467. The van der Waals surface area contributed by atoms with Crippen molar-refractivity contribution in [1.82, 2.24) is 25.2 Å². The van der Waals surface area contributed by atoms with Crippen molar-refractivity contribution in [3.05, 3.63) is 77.5 Å². The lowest BCUT2D eigenvalue weighted by molar-refractivity contribution is 0.0397. The number of amides is 2. The van der Waals surface area contributed by atoms with Crippen molar-refractivity contribution in [2.24, 2.45) is 5.84 Å². The van der Waals surface area contributed by atoms with E-state index in [9.17, 15) is 9.59 Å². The van der Waals surface area contributed by atoms with Crippen molar-refractivity contribution in [2.45, 2.75) is 12.8 Å². The highest BCUT2D eigenvalue weighted by Gasteiger charge is 2.37. The molecule has 1 aromatic heterocycles. The summed E-state index contributed by atoms with van der Waals surface area (Å²) in [6.45, 7) is 0.389. The lowest BCUT2D eigenvalue weighted by atomic mass is 10.1. The van der Waals surface area contributed by atoms with Crippen molar-refractivity contribution in [1.29, 1.82) is 0 Å². The topological polar surface area (TPSA) is 109 Å². The maximum Gasteiger partial charge on any atom is 0.276 e. The number of para-hydroxylation sites is 1. The summed E-state index contributed by atoms with van der Waals surface area (Å²) in [7, 11) is 0. The van der Waals surface area contributed by atoms with E-state index >= 15 is 0 Å². The van der Waals surface area contributed by atoms with E-state index in [1.807, 2.05) is 48.5 Å². The number of hydrazine groups is 2. The predicted molar refractivity (Wildman–Crippen MR) is 101 cm³/mol. The third kappa shape index (κ3) is 2.45. The molecule has 0 spiro atoms. The fourth-order valence-corrected chi connectivity index (χ4v) is 3.46. The number of fused-ring (bicyclic) bond motifs is 2. The van der Waals surface area contributed by atoms with Gasteiger partial charge in [-0.15, -0.1) is 0 Å². The Morgan fingerprint density at radius 2 is 1.75 bits per heavy atom. The molecule has 140 valence electrons. The molecule has 0 aliphatic carbocycles. The molecule has 1 atom stereocenters. The van der Waals surface area contributed by atoms with Crippen molar-refractivity contribution < 1.29 is 9.59 Å². The summed E-state index contributed by atoms with van der Waals surface area (Å²) < 4.78 is 1.63. The first-order valence-corrected chi connectivity index (χ1v) is 8.77. The van der Waals surface area contributed by atoms with Gasteiger partial charge in [0.05, 0.1) is 18.4 Å². The Morgan fingerprint density at radius 3 is 2.54 bits per heavy atom. The normalized spacial score (nSPS) is 18.1. The Balaban J connectivity index is 1.44. The van der Waals surface area contributed by atoms with Crippen molar-refractivity contribution in [3.63, 3.8) is 0 Å². The summed E-state index contributed by atoms with van der Waals surface area (Å²) in [6, 6.07) is 16.8. The van der Waals surface area contributed by atoms with Gasteiger partial charge in [0.25, 0.3) is 11.8 Å². The molecule has 0 saturated carbocycles. The molecule has 2 aromatic carbocycles. The van der Waals surface area contributed by atoms with E-state index in [1.54, 1.807) is 10.7 Å². The third-order valence-corrected chi connectivity index (χ3v) is 4.89. The maximum atomic E-state index is 12.7. The highest BCUT2D eigenvalue weighted by atomic mass is 16.2. The number of anilines is 1. The number of benzene rings is 2. The zero-order chi connectivity index (χ0) is 19.3. The van der Waals surface area contributed by atoms with Crippen LogP contribution >= 0.6 is 0 Å². The summed E-state index contributed by atoms with van der Waals surface area (Å²) in [6.07, 6.45) is 0.669. The van der Waals surface area contributed by atoms with Crippen molar-refractivity contribution >= 4 is 17.6 Å². The molecule has 2 aliphatic rings. The SMILES string of the molecule is NN1C(=O)c2cnn(-c3ccccc3)c2NC1NN1Cc2ccccc2C1=O. The Bertz CT molecular complexity index is 1080. The molecular formula is C19H17N7O2. The van der Waals surface area contributed by atoms with Gasteiger partial charge in [-0.05, 0) is 23.8 Å². The second kappa shape index (κ2) is 6.19. The molecular weight excluding hydrogens is 358 g/mol. The Labute approximate surface area is 160 Å². The molecule has 0 saturated heterocycles. The maximum absolute atomic E-state index is 12.7. The number of nitrogens with one attached hydrogen (secondary N) is 2. The Kier molecular flexibility index (Phi) is 3.64. The first-order chi connectivity index (χ1) is 13.6. The lowest BCUT2D eigenvalue weighted by Crippen LogP contribution is -2.63. The summed E-state index contributed by atoms with van der Waals surface area (Å²) in [5, 5.41) is 9.95. The van der Waals surface area contributed by atoms with Crippen molar-refractivity contribution in [3.8, 4) is 5.69 Å². The van der Waals surface area contributed by atoms with Crippen LogP contribution in [-0.4, -0.2) is 37.9 Å². The molecule has 0 bridgehead atoms. The predicted octanol–water partition coefficient (Wildman–Crippen LogP) is 1.06. The number of hydrogen-bond acceptors (Lipinski definition) is 6. The van der Waals surface area contributed by atoms with Crippen LogP contribution in [0.2, 0.25) is 0 Å². The second-order valence-corrected chi connectivity index (χ2v) is 6.59. The van der Waals surface area contributed by atoms with E-state index < -0.39 is 12.2 Å². The van der Waals surface area contributed by atoms with Crippen LogP contribution in [0, 0.1) is 0 Å². The number of nitrogens with zero attached hydrogens (tertiary/aromatic N) is 4. The molecule has 1 unspecified atom stereocenters. The standard InChI is InChI=1S/C19H17N7O2/c20-25-18(28)15-10-21-26(13-7-2-1-3-8-13)16(15)22-19(25)23-24-11-12-6-4-5-9-14(12)17(24)27/h1-10,19,22-23H,11,20H2. The van der Waals surface area contributed by atoms with Gasteiger partial charge in [0, 0.05) is 5.56 Å². The van der Waals surface area contributed by atoms with E-state index in [-0.39, 0.29) is 5.91 Å². The number of nitrogens with two attached hydrogens (primary N) is 1. The highest BCUT2D eigenvalue weighted by molar-refractivity contribution is 6.01. The smallest absolute Gasteiger partial charge is 0.276 e. The molecule has 9 nitrogen and oxygen atoms in total. The van der Waals surface area contributed by atoms with Crippen LogP contribution in [0.4, 0.5) is 5.82 Å². The molecule has 5 rings (SSSR count). The van der Waals surface area contributed by atoms with Crippen LogP contribution in [0.25, 0.3) is 5.69 Å². The van der Waals surface area contributed by atoms with E-state index in [4.69, 9.17) is 5.84 Å². The third-order valence-electron chi connectivity index (χ3n) is 4.89. The van der Waals surface area contributed by atoms with Gasteiger partial charge >= 0.3 is 0 Å². The highest BCUT2D eigenvalue weighted by Crippen LogP contribution is 2.27. The molecule has 4 N–H and O–H groups in total. The minimum Gasteiger partial charge on any atom is -0.334 e. The number of carbonyl (C=O) groups is 2.